The molecule has 3 aromatic heterocycles. The molecular weight excluding hydrogens is 378 g/mol. The van der Waals surface area contributed by atoms with E-state index in [0.717, 1.165) is 43.7 Å². The predicted octanol–water partition coefficient (Wildman–Crippen LogP) is 4.03. The second kappa shape index (κ2) is 8.42. The van der Waals surface area contributed by atoms with Gasteiger partial charge in [0, 0.05) is 31.4 Å². The Kier molecular flexibility index (Phi) is 5.70. The van der Waals surface area contributed by atoms with Gasteiger partial charge in [-0.05, 0) is 63.8 Å². The fourth-order valence-corrected chi connectivity index (χ4v) is 3.99. The number of rotatable bonds is 4. The molecule has 1 fully saturated rings. The normalized spacial score (nSPS) is 17.7. The van der Waals surface area contributed by atoms with Gasteiger partial charge in [0.1, 0.15) is 5.82 Å². The van der Waals surface area contributed by atoms with Crippen molar-refractivity contribution in [1.82, 2.24) is 24.6 Å². The Morgan fingerprint density at radius 1 is 1.20 bits per heavy atom. The van der Waals surface area contributed by atoms with E-state index in [-0.39, 0.29) is 17.4 Å². The maximum absolute atomic E-state index is 12.8. The number of hydrogen-bond acceptors (Lipinski definition) is 5. The van der Waals surface area contributed by atoms with Gasteiger partial charge in [-0.2, -0.15) is 0 Å². The summed E-state index contributed by atoms with van der Waals surface area (Å²) in [6, 6.07) is 7.56. The monoisotopic (exact) mass is 407 g/mol. The van der Waals surface area contributed by atoms with Gasteiger partial charge in [0.15, 0.2) is 5.76 Å². The minimum absolute atomic E-state index is 0.164. The smallest absolute Gasteiger partial charge is 0.227 e. The van der Waals surface area contributed by atoms with E-state index in [1.165, 1.54) is 0 Å². The molecule has 1 aliphatic rings. The van der Waals surface area contributed by atoms with Crippen molar-refractivity contribution in [2.45, 2.75) is 57.9 Å². The molecule has 0 saturated carbocycles. The van der Waals surface area contributed by atoms with E-state index in [0.29, 0.717) is 18.0 Å². The highest BCUT2D eigenvalue weighted by Gasteiger charge is 2.30. The molecule has 0 radical (unpaired) electrons. The molecule has 1 amide bonds. The Balaban J connectivity index is 1.51. The summed E-state index contributed by atoms with van der Waals surface area (Å²) >= 11 is 0. The van der Waals surface area contributed by atoms with Gasteiger partial charge in [0.2, 0.25) is 11.7 Å². The minimum atomic E-state index is -0.185. The highest BCUT2D eigenvalue weighted by Crippen LogP contribution is 2.32. The van der Waals surface area contributed by atoms with Crippen LogP contribution in [0.2, 0.25) is 0 Å². The topological polar surface area (TPSA) is 77.0 Å². The molecular formula is C23H29N5O2. The molecule has 0 aliphatic carbocycles. The lowest BCUT2D eigenvalue weighted by atomic mass is 9.98. The number of aromatic nitrogens is 4. The molecule has 1 atom stereocenters. The van der Waals surface area contributed by atoms with E-state index in [1.807, 2.05) is 33.8 Å². The Labute approximate surface area is 177 Å². The van der Waals surface area contributed by atoms with E-state index >= 15 is 0 Å². The Hall–Kier alpha value is -2.96. The summed E-state index contributed by atoms with van der Waals surface area (Å²) in [7, 11) is 0. The van der Waals surface area contributed by atoms with Gasteiger partial charge in [-0.25, -0.2) is 9.67 Å². The van der Waals surface area contributed by atoms with Crippen LogP contribution in [-0.4, -0.2) is 43.6 Å². The Morgan fingerprint density at radius 2 is 2.07 bits per heavy atom. The molecule has 158 valence electrons. The van der Waals surface area contributed by atoms with Gasteiger partial charge in [0.05, 0.1) is 18.2 Å². The SMILES string of the molecule is CC(C)(C)n1nc(-c2ccco2)nc1C1CCCN(C(=O)Cc2cccnc2)CC1. The molecule has 1 aliphatic heterocycles. The highest BCUT2D eigenvalue weighted by molar-refractivity contribution is 5.78. The fraction of sp³-hybridized carbons (Fsp3) is 0.478. The molecule has 30 heavy (non-hydrogen) atoms. The first kappa shape index (κ1) is 20.3. The third-order valence-corrected chi connectivity index (χ3v) is 5.53. The van der Waals surface area contributed by atoms with E-state index in [4.69, 9.17) is 14.5 Å². The van der Waals surface area contributed by atoms with Crippen LogP contribution in [0.15, 0.2) is 47.3 Å². The number of likely N-dealkylation sites (tertiary alicyclic amines) is 1. The standard InChI is InChI=1S/C23H29N5O2/c1-23(2,3)28-22(25-21(26-28)19-9-6-14-30-19)18-8-5-12-27(13-10-18)20(29)15-17-7-4-11-24-16-17/h4,6-7,9,11,14,16,18H,5,8,10,12-13,15H2,1-3H3. The van der Waals surface area contributed by atoms with Crippen molar-refractivity contribution in [3.05, 3.63) is 54.3 Å². The lowest BCUT2D eigenvalue weighted by Crippen LogP contribution is -2.33. The number of amides is 1. The van der Waals surface area contributed by atoms with Crippen LogP contribution in [0, 0.1) is 0 Å². The summed E-state index contributed by atoms with van der Waals surface area (Å²) in [5, 5.41) is 4.76. The van der Waals surface area contributed by atoms with Gasteiger partial charge < -0.3 is 9.32 Å². The summed E-state index contributed by atoms with van der Waals surface area (Å²) in [4.78, 5) is 23.8. The molecule has 0 N–H and O–H groups in total. The van der Waals surface area contributed by atoms with E-state index in [2.05, 4.69) is 25.8 Å². The molecule has 0 aromatic carbocycles. The van der Waals surface area contributed by atoms with Crippen molar-refractivity contribution in [3.63, 3.8) is 0 Å². The summed E-state index contributed by atoms with van der Waals surface area (Å²) in [5.74, 6) is 2.71. The predicted molar refractivity (Wildman–Crippen MR) is 114 cm³/mol. The summed E-state index contributed by atoms with van der Waals surface area (Å²) in [5.41, 5.74) is 0.772. The van der Waals surface area contributed by atoms with Crippen LogP contribution in [-0.2, 0) is 16.8 Å². The fourth-order valence-electron chi connectivity index (χ4n) is 3.99. The first-order valence-corrected chi connectivity index (χ1v) is 10.6. The molecule has 7 nitrogen and oxygen atoms in total. The third-order valence-electron chi connectivity index (χ3n) is 5.53. The van der Waals surface area contributed by atoms with Crippen molar-refractivity contribution in [2.75, 3.05) is 13.1 Å². The van der Waals surface area contributed by atoms with Crippen LogP contribution >= 0.6 is 0 Å². The number of nitrogens with zero attached hydrogens (tertiary/aromatic N) is 5. The minimum Gasteiger partial charge on any atom is -0.461 e. The van der Waals surface area contributed by atoms with Crippen molar-refractivity contribution >= 4 is 5.91 Å². The largest absolute Gasteiger partial charge is 0.461 e. The van der Waals surface area contributed by atoms with Gasteiger partial charge >= 0.3 is 0 Å². The lowest BCUT2D eigenvalue weighted by Gasteiger charge is -2.24. The highest BCUT2D eigenvalue weighted by atomic mass is 16.3. The zero-order valence-electron chi connectivity index (χ0n) is 17.9. The summed E-state index contributed by atoms with van der Waals surface area (Å²) in [6.07, 6.45) is 8.36. The van der Waals surface area contributed by atoms with E-state index in [1.54, 1.807) is 18.7 Å². The van der Waals surface area contributed by atoms with E-state index in [9.17, 15) is 4.79 Å². The average Bonchev–Trinajstić information content (AvgIpc) is 3.33. The number of pyridine rings is 1. The van der Waals surface area contributed by atoms with Crippen molar-refractivity contribution in [2.24, 2.45) is 0 Å². The van der Waals surface area contributed by atoms with Crippen molar-refractivity contribution < 1.29 is 9.21 Å². The number of carbonyl (C=O) groups is 1. The molecule has 0 spiro atoms. The summed E-state index contributed by atoms with van der Waals surface area (Å²) in [6.45, 7) is 7.92. The van der Waals surface area contributed by atoms with Crippen LogP contribution in [0.4, 0.5) is 0 Å². The van der Waals surface area contributed by atoms with Crippen LogP contribution in [0.1, 0.15) is 57.3 Å². The average molecular weight is 408 g/mol. The Bertz CT molecular complexity index is 973. The number of hydrogen-bond donors (Lipinski definition) is 0. The zero-order valence-corrected chi connectivity index (χ0v) is 17.9. The van der Waals surface area contributed by atoms with Crippen LogP contribution in [0.3, 0.4) is 0 Å². The molecule has 3 aromatic rings. The van der Waals surface area contributed by atoms with Gasteiger partial charge in [-0.3, -0.25) is 9.78 Å². The van der Waals surface area contributed by atoms with Crippen LogP contribution in [0.25, 0.3) is 11.6 Å². The van der Waals surface area contributed by atoms with Crippen LogP contribution < -0.4 is 0 Å². The molecule has 1 unspecified atom stereocenters. The molecule has 0 bridgehead atoms. The van der Waals surface area contributed by atoms with Gasteiger partial charge in [-0.1, -0.05) is 6.07 Å². The first-order chi connectivity index (χ1) is 14.4. The third kappa shape index (κ3) is 4.45. The number of furan rings is 1. The maximum atomic E-state index is 12.8. The lowest BCUT2D eigenvalue weighted by molar-refractivity contribution is -0.130. The first-order valence-electron chi connectivity index (χ1n) is 10.6. The van der Waals surface area contributed by atoms with Crippen molar-refractivity contribution in [3.8, 4) is 11.6 Å². The Morgan fingerprint density at radius 3 is 2.77 bits per heavy atom. The summed E-state index contributed by atoms with van der Waals surface area (Å²) < 4.78 is 7.55. The number of carbonyl (C=O) groups excluding carboxylic acids is 1. The maximum Gasteiger partial charge on any atom is 0.227 e. The van der Waals surface area contributed by atoms with Gasteiger partial charge in [0.25, 0.3) is 0 Å². The quantitative estimate of drug-likeness (QED) is 0.653. The molecule has 4 rings (SSSR count). The molecule has 1 saturated heterocycles. The molecule has 4 heterocycles. The molecule has 7 heteroatoms. The van der Waals surface area contributed by atoms with Gasteiger partial charge in [-0.15, -0.1) is 5.10 Å². The zero-order chi connectivity index (χ0) is 21.1. The van der Waals surface area contributed by atoms with Crippen molar-refractivity contribution in [1.29, 1.82) is 0 Å². The second-order valence-electron chi connectivity index (χ2n) is 8.90. The van der Waals surface area contributed by atoms with E-state index < -0.39 is 0 Å². The van der Waals surface area contributed by atoms with Crippen LogP contribution in [0.5, 0.6) is 0 Å². The second-order valence-corrected chi connectivity index (χ2v) is 8.90.